The molecule has 1 aromatic carbocycles. The monoisotopic (exact) mass is 212 g/mol. The van der Waals surface area contributed by atoms with Crippen LogP contribution in [0.2, 0.25) is 5.02 Å². The van der Waals surface area contributed by atoms with Crippen molar-refractivity contribution in [2.45, 2.75) is 6.42 Å². The van der Waals surface area contributed by atoms with Crippen LogP contribution in [0.25, 0.3) is 0 Å². The highest BCUT2D eigenvalue weighted by Crippen LogP contribution is 2.32. The lowest BCUT2D eigenvalue weighted by atomic mass is 10.1. The fourth-order valence-electron chi connectivity index (χ4n) is 1.31. The molecular formula is C10H13ClN2O. The van der Waals surface area contributed by atoms with Crippen molar-refractivity contribution >= 4 is 17.3 Å². The second kappa shape index (κ2) is 4.88. The van der Waals surface area contributed by atoms with Gasteiger partial charge in [0.25, 0.3) is 0 Å². The van der Waals surface area contributed by atoms with Gasteiger partial charge in [0.15, 0.2) is 0 Å². The Balaban J connectivity index is 3.23. The van der Waals surface area contributed by atoms with Crippen LogP contribution >= 0.6 is 11.6 Å². The van der Waals surface area contributed by atoms with Crippen LogP contribution in [-0.2, 0) is 6.42 Å². The average Bonchev–Trinajstić information content (AvgIpc) is 2.17. The summed E-state index contributed by atoms with van der Waals surface area (Å²) >= 11 is 5.91. The maximum Gasteiger partial charge on any atom is 0.146 e. The van der Waals surface area contributed by atoms with E-state index in [9.17, 15) is 0 Å². The number of nitrogens with two attached hydrogens (primary N) is 1. The van der Waals surface area contributed by atoms with E-state index < -0.39 is 0 Å². The lowest BCUT2D eigenvalue weighted by Gasteiger charge is -2.12. The van der Waals surface area contributed by atoms with Crippen LogP contribution in [0, 0.1) is 0 Å². The van der Waals surface area contributed by atoms with Gasteiger partial charge in [0.05, 0.1) is 12.8 Å². The molecule has 4 heteroatoms. The van der Waals surface area contributed by atoms with Crippen molar-refractivity contribution in [3.05, 3.63) is 35.4 Å². The highest BCUT2D eigenvalue weighted by atomic mass is 35.5. The summed E-state index contributed by atoms with van der Waals surface area (Å²) in [5, 5.41) is 0.621. The van der Waals surface area contributed by atoms with Crippen molar-refractivity contribution in [3.8, 4) is 5.75 Å². The van der Waals surface area contributed by atoms with Crippen molar-refractivity contribution in [1.82, 2.24) is 0 Å². The summed E-state index contributed by atoms with van der Waals surface area (Å²) in [5.41, 5.74) is 4.18. The molecule has 0 aliphatic carbocycles. The molecule has 0 spiro atoms. The Kier molecular flexibility index (Phi) is 3.80. The van der Waals surface area contributed by atoms with Gasteiger partial charge in [-0.3, -0.25) is 5.84 Å². The third-order valence-electron chi connectivity index (χ3n) is 1.85. The number of nitrogen functional groups attached to an aromatic ring is 1. The Labute approximate surface area is 88.5 Å². The average molecular weight is 213 g/mol. The molecule has 1 rings (SSSR count). The number of benzene rings is 1. The molecule has 0 aromatic heterocycles. The number of rotatable bonds is 4. The number of hydrogen-bond acceptors (Lipinski definition) is 3. The van der Waals surface area contributed by atoms with Crippen molar-refractivity contribution in [1.29, 1.82) is 0 Å². The third-order valence-corrected chi connectivity index (χ3v) is 2.07. The van der Waals surface area contributed by atoms with Gasteiger partial charge < -0.3 is 10.2 Å². The molecule has 14 heavy (non-hydrogen) atoms. The van der Waals surface area contributed by atoms with Gasteiger partial charge in [-0.2, -0.15) is 0 Å². The van der Waals surface area contributed by atoms with Crippen LogP contribution in [0.3, 0.4) is 0 Å². The molecule has 0 saturated carbocycles. The number of anilines is 1. The largest absolute Gasteiger partial charge is 0.494 e. The first-order chi connectivity index (χ1) is 6.72. The molecular weight excluding hydrogens is 200 g/mol. The summed E-state index contributed by atoms with van der Waals surface area (Å²) in [6, 6.07) is 3.55. The zero-order valence-electron chi connectivity index (χ0n) is 8.01. The lowest BCUT2D eigenvalue weighted by Crippen LogP contribution is -2.09. The second-order valence-electron chi connectivity index (χ2n) is 2.78. The maximum absolute atomic E-state index is 5.91. The van der Waals surface area contributed by atoms with E-state index in [2.05, 4.69) is 12.0 Å². The summed E-state index contributed by atoms with van der Waals surface area (Å²) in [5.74, 6) is 6.05. The van der Waals surface area contributed by atoms with Gasteiger partial charge in [-0.05, 0) is 18.6 Å². The summed E-state index contributed by atoms with van der Waals surface area (Å²) in [4.78, 5) is 0. The Hall–Kier alpha value is -1.19. The summed E-state index contributed by atoms with van der Waals surface area (Å²) in [6.07, 6.45) is 2.48. The normalized spacial score (nSPS) is 9.64. The molecule has 0 radical (unpaired) electrons. The standard InChI is InChI=1S/C10H13ClN2O/c1-3-4-7-5-8(11)6-9(13-12)10(7)14-2/h3,5-6,13H,1,4,12H2,2H3. The Morgan fingerprint density at radius 2 is 2.36 bits per heavy atom. The molecule has 0 fully saturated rings. The Bertz CT molecular complexity index is 339. The van der Waals surface area contributed by atoms with Gasteiger partial charge in [0.1, 0.15) is 5.75 Å². The first-order valence-corrected chi connectivity index (χ1v) is 4.54. The number of hydrogen-bond donors (Lipinski definition) is 2. The topological polar surface area (TPSA) is 47.3 Å². The van der Waals surface area contributed by atoms with Crippen LogP contribution in [0.15, 0.2) is 24.8 Å². The molecule has 0 aliphatic rings. The number of nitrogens with one attached hydrogen (secondary N) is 1. The van der Waals surface area contributed by atoms with Crippen LogP contribution in [-0.4, -0.2) is 7.11 Å². The smallest absolute Gasteiger partial charge is 0.146 e. The molecule has 0 atom stereocenters. The molecule has 3 nitrogen and oxygen atoms in total. The summed E-state index contributed by atoms with van der Waals surface area (Å²) < 4.78 is 5.23. The van der Waals surface area contributed by atoms with E-state index in [0.717, 1.165) is 5.56 Å². The molecule has 0 saturated heterocycles. The minimum atomic E-state index is 0.621. The number of hydrazine groups is 1. The number of allylic oxidation sites excluding steroid dienone is 1. The molecule has 0 amide bonds. The fraction of sp³-hybridized carbons (Fsp3) is 0.200. The van der Waals surface area contributed by atoms with E-state index in [1.54, 1.807) is 19.3 Å². The van der Waals surface area contributed by atoms with Gasteiger partial charge in [0, 0.05) is 10.6 Å². The molecule has 1 aromatic rings. The fourth-order valence-corrected chi connectivity index (χ4v) is 1.55. The zero-order chi connectivity index (χ0) is 10.6. The predicted molar refractivity (Wildman–Crippen MR) is 59.7 cm³/mol. The van der Waals surface area contributed by atoms with Gasteiger partial charge in [-0.25, -0.2) is 0 Å². The van der Waals surface area contributed by atoms with Gasteiger partial charge in [0.2, 0.25) is 0 Å². The van der Waals surface area contributed by atoms with Crippen molar-refractivity contribution in [2.24, 2.45) is 5.84 Å². The highest BCUT2D eigenvalue weighted by Gasteiger charge is 2.08. The van der Waals surface area contributed by atoms with Gasteiger partial charge >= 0.3 is 0 Å². The first kappa shape index (κ1) is 10.9. The minimum Gasteiger partial charge on any atom is -0.494 e. The predicted octanol–water partition coefficient (Wildman–Crippen LogP) is 2.36. The molecule has 0 heterocycles. The number of methoxy groups -OCH3 is 1. The Morgan fingerprint density at radius 1 is 1.64 bits per heavy atom. The minimum absolute atomic E-state index is 0.621. The number of halogens is 1. The quantitative estimate of drug-likeness (QED) is 0.458. The summed E-state index contributed by atoms with van der Waals surface area (Å²) in [7, 11) is 1.59. The highest BCUT2D eigenvalue weighted by molar-refractivity contribution is 6.31. The van der Waals surface area contributed by atoms with E-state index in [0.29, 0.717) is 22.9 Å². The second-order valence-corrected chi connectivity index (χ2v) is 3.22. The van der Waals surface area contributed by atoms with E-state index >= 15 is 0 Å². The molecule has 0 aliphatic heterocycles. The molecule has 3 N–H and O–H groups in total. The molecule has 0 bridgehead atoms. The van der Waals surface area contributed by atoms with Crippen molar-refractivity contribution < 1.29 is 4.74 Å². The first-order valence-electron chi connectivity index (χ1n) is 4.16. The van der Waals surface area contributed by atoms with Crippen LogP contribution < -0.4 is 16.0 Å². The van der Waals surface area contributed by atoms with Gasteiger partial charge in [-0.15, -0.1) is 6.58 Å². The van der Waals surface area contributed by atoms with E-state index in [1.165, 1.54) is 0 Å². The molecule has 0 unspecified atom stereocenters. The summed E-state index contributed by atoms with van der Waals surface area (Å²) in [6.45, 7) is 3.67. The molecule has 76 valence electrons. The van der Waals surface area contributed by atoms with Crippen LogP contribution in [0.4, 0.5) is 5.69 Å². The maximum atomic E-state index is 5.91. The van der Waals surface area contributed by atoms with E-state index in [1.807, 2.05) is 6.07 Å². The zero-order valence-corrected chi connectivity index (χ0v) is 8.77. The number of ether oxygens (including phenoxy) is 1. The third kappa shape index (κ3) is 2.19. The van der Waals surface area contributed by atoms with Crippen LogP contribution in [0.5, 0.6) is 5.75 Å². The lowest BCUT2D eigenvalue weighted by molar-refractivity contribution is 0.412. The van der Waals surface area contributed by atoms with Crippen LogP contribution in [0.1, 0.15) is 5.56 Å². The van der Waals surface area contributed by atoms with Crippen molar-refractivity contribution in [3.63, 3.8) is 0 Å². The Morgan fingerprint density at radius 3 is 2.86 bits per heavy atom. The van der Waals surface area contributed by atoms with Gasteiger partial charge in [-0.1, -0.05) is 17.7 Å². The van der Waals surface area contributed by atoms with E-state index in [-0.39, 0.29) is 0 Å². The SMILES string of the molecule is C=CCc1cc(Cl)cc(NN)c1OC. The van der Waals surface area contributed by atoms with Crippen molar-refractivity contribution in [2.75, 3.05) is 12.5 Å². The van der Waals surface area contributed by atoms with E-state index in [4.69, 9.17) is 22.2 Å².